The molecule has 1 aromatic carbocycles. The van der Waals surface area contributed by atoms with Gasteiger partial charge in [0.15, 0.2) is 5.76 Å². The summed E-state index contributed by atoms with van der Waals surface area (Å²) in [5, 5.41) is 15.0. The van der Waals surface area contributed by atoms with Crippen molar-refractivity contribution in [2.24, 2.45) is 12.1 Å². The lowest BCUT2D eigenvalue weighted by atomic mass is 10.1. The zero-order valence-electron chi connectivity index (χ0n) is 12.8. The standard InChI is InChI=1S/C15H14N4O3S/c1-9-6-12-13(7-10(9)2)18(15(23)17(12)3)16-8-11-4-5-14(22-11)19(20)21/h4-8H,1-3H3/b16-8-. The molecule has 3 aromatic rings. The monoisotopic (exact) mass is 330 g/mol. The number of aromatic nitrogens is 2. The third-order valence-corrected chi connectivity index (χ3v) is 4.19. The minimum absolute atomic E-state index is 0.291. The number of nitrogens with zero attached hydrogens (tertiary/aromatic N) is 4. The normalized spacial score (nSPS) is 11.6. The topological polar surface area (TPSA) is 78.5 Å². The molecule has 23 heavy (non-hydrogen) atoms. The van der Waals surface area contributed by atoms with Crippen LogP contribution >= 0.6 is 12.2 Å². The van der Waals surface area contributed by atoms with Gasteiger partial charge in [-0.3, -0.25) is 10.1 Å². The van der Waals surface area contributed by atoms with Crippen LogP contribution in [0, 0.1) is 28.7 Å². The molecule has 0 saturated heterocycles. The van der Waals surface area contributed by atoms with E-state index in [1.165, 1.54) is 23.9 Å². The maximum Gasteiger partial charge on any atom is 0.433 e. The van der Waals surface area contributed by atoms with Crippen molar-refractivity contribution in [1.82, 2.24) is 9.24 Å². The Balaban J connectivity index is 2.10. The maximum atomic E-state index is 10.6. The van der Waals surface area contributed by atoms with Gasteiger partial charge in [0, 0.05) is 7.05 Å². The first kappa shape index (κ1) is 15.2. The summed E-state index contributed by atoms with van der Waals surface area (Å²) in [6, 6.07) is 6.86. The lowest BCUT2D eigenvalue weighted by Gasteiger charge is -2.01. The Labute approximate surface area is 136 Å². The van der Waals surface area contributed by atoms with Crippen LogP contribution < -0.4 is 0 Å². The van der Waals surface area contributed by atoms with Gasteiger partial charge in [-0.25, -0.2) is 4.68 Å². The van der Waals surface area contributed by atoms with Crippen molar-refractivity contribution in [1.29, 1.82) is 0 Å². The highest BCUT2D eigenvalue weighted by molar-refractivity contribution is 7.71. The van der Waals surface area contributed by atoms with E-state index in [2.05, 4.69) is 11.2 Å². The van der Waals surface area contributed by atoms with Crippen LogP contribution in [0.15, 0.2) is 33.8 Å². The third kappa shape index (κ3) is 2.57. The SMILES string of the molecule is Cc1cc2c(cc1C)n(/N=C\c1ccc([N+](=O)[O-])o1)c(=S)n2C. The molecule has 0 N–H and O–H groups in total. The molecule has 0 saturated carbocycles. The second-order valence-corrected chi connectivity index (χ2v) is 5.62. The Morgan fingerprint density at radius 2 is 1.91 bits per heavy atom. The number of fused-ring (bicyclic) bond motifs is 1. The lowest BCUT2D eigenvalue weighted by Crippen LogP contribution is -1.92. The Morgan fingerprint density at radius 3 is 2.52 bits per heavy atom. The fourth-order valence-corrected chi connectivity index (χ4v) is 2.55. The third-order valence-electron chi connectivity index (χ3n) is 3.74. The van der Waals surface area contributed by atoms with Gasteiger partial charge in [-0.2, -0.15) is 5.10 Å². The summed E-state index contributed by atoms with van der Waals surface area (Å²) in [4.78, 5) is 10.0. The average Bonchev–Trinajstić information content (AvgIpc) is 3.05. The molecule has 0 spiro atoms. The minimum Gasteiger partial charge on any atom is -0.400 e. The second kappa shape index (κ2) is 5.47. The van der Waals surface area contributed by atoms with E-state index in [4.69, 9.17) is 16.6 Å². The predicted octanol–water partition coefficient (Wildman–Crippen LogP) is 3.71. The van der Waals surface area contributed by atoms with Gasteiger partial charge in [0.2, 0.25) is 4.77 Å². The molecule has 0 amide bonds. The largest absolute Gasteiger partial charge is 0.433 e. The van der Waals surface area contributed by atoms with Crippen molar-refractivity contribution >= 4 is 35.4 Å². The van der Waals surface area contributed by atoms with E-state index in [1.54, 1.807) is 4.68 Å². The molecule has 0 aliphatic carbocycles. The van der Waals surface area contributed by atoms with Gasteiger partial charge in [0.25, 0.3) is 0 Å². The van der Waals surface area contributed by atoms with Crippen LogP contribution in [0.25, 0.3) is 11.0 Å². The van der Waals surface area contributed by atoms with Crippen molar-refractivity contribution in [3.8, 4) is 0 Å². The molecule has 0 radical (unpaired) electrons. The Morgan fingerprint density at radius 1 is 1.26 bits per heavy atom. The van der Waals surface area contributed by atoms with E-state index in [9.17, 15) is 10.1 Å². The average molecular weight is 330 g/mol. The van der Waals surface area contributed by atoms with Crippen LogP contribution in [0.3, 0.4) is 0 Å². The lowest BCUT2D eigenvalue weighted by molar-refractivity contribution is -0.402. The van der Waals surface area contributed by atoms with Crippen LogP contribution in [-0.2, 0) is 7.05 Å². The highest BCUT2D eigenvalue weighted by Crippen LogP contribution is 2.22. The molecule has 2 aromatic heterocycles. The summed E-state index contributed by atoms with van der Waals surface area (Å²) in [7, 11) is 1.88. The van der Waals surface area contributed by atoms with E-state index in [1.807, 2.05) is 31.5 Å². The van der Waals surface area contributed by atoms with Crippen LogP contribution in [-0.4, -0.2) is 20.4 Å². The highest BCUT2D eigenvalue weighted by atomic mass is 32.1. The molecule has 7 nitrogen and oxygen atoms in total. The van der Waals surface area contributed by atoms with Gasteiger partial charge < -0.3 is 8.98 Å². The molecule has 2 heterocycles. The fourth-order valence-electron chi connectivity index (χ4n) is 2.31. The number of benzene rings is 1. The molecule has 0 atom stereocenters. The van der Waals surface area contributed by atoms with Crippen LogP contribution in [0.4, 0.5) is 5.88 Å². The summed E-state index contributed by atoms with van der Waals surface area (Å²) < 4.78 is 9.09. The van der Waals surface area contributed by atoms with Gasteiger partial charge in [0.1, 0.15) is 4.92 Å². The summed E-state index contributed by atoms with van der Waals surface area (Å²) >= 11 is 5.42. The number of furan rings is 1. The van der Waals surface area contributed by atoms with E-state index >= 15 is 0 Å². The molecule has 0 unspecified atom stereocenters. The number of hydrogen-bond donors (Lipinski definition) is 0. The van der Waals surface area contributed by atoms with Gasteiger partial charge in [-0.05, 0) is 55.4 Å². The molecular weight excluding hydrogens is 316 g/mol. The summed E-state index contributed by atoms with van der Waals surface area (Å²) in [5.41, 5.74) is 4.15. The number of hydrogen-bond acceptors (Lipinski definition) is 5. The van der Waals surface area contributed by atoms with Crippen molar-refractivity contribution in [2.75, 3.05) is 0 Å². The summed E-state index contributed by atoms with van der Waals surface area (Å²) in [5.74, 6) is -0.0288. The Kier molecular flexibility index (Phi) is 3.61. The minimum atomic E-state index is -0.590. The molecule has 3 rings (SSSR count). The summed E-state index contributed by atoms with van der Waals surface area (Å²) in [6.45, 7) is 4.06. The quantitative estimate of drug-likeness (QED) is 0.317. The van der Waals surface area contributed by atoms with E-state index in [-0.39, 0.29) is 5.88 Å². The van der Waals surface area contributed by atoms with Crippen LogP contribution in [0.1, 0.15) is 16.9 Å². The van der Waals surface area contributed by atoms with Gasteiger partial charge in [0.05, 0.1) is 23.3 Å². The number of rotatable bonds is 3. The molecular formula is C15H14N4O3S. The van der Waals surface area contributed by atoms with Crippen molar-refractivity contribution < 1.29 is 9.34 Å². The zero-order chi connectivity index (χ0) is 16.7. The maximum absolute atomic E-state index is 10.6. The van der Waals surface area contributed by atoms with E-state index < -0.39 is 4.92 Å². The first-order valence-corrected chi connectivity index (χ1v) is 7.26. The van der Waals surface area contributed by atoms with Crippen LogP contribution in [0.2, 0.25) is 0 Å². The highest BCUT2D eigenvalue weighted by Gasteiger charge is 2.12. The first-order valence-electron chi connectivity index (χ1n) is 6.86. The van der Waals surface area contributed by atoms with Crippen molar-refractivity contribution in [3.63, 3.8) is 0 Å². The van der Waals surface area contributed by atoms with E-state index in [0.717, 1.165) is 16.6 Å². The Bertz CT molecular complexity index is 1010. The summed E-state index contributed by atoms with van der Waals surface area (Å²) in [6.07, 6.45) is 1.41. The number of nitro groups is 1. The molecule has 0 aliphatic heterocycles. The predicted molar refractivity (Wildman–Crippen MR) is 89.6 cm³/mol. The second-order valence-electron chi connectivity index (χ2n) is 5.26. The molecule has 0 fully saturated rings. The van der Waals surface area contributed by atoms with Gasteiger partial charge >= 0.3 is 5.88 Å². The van der Waals surface area contributed by atoms with Gasteiger partial charge in [-0.1, -0.05) is 0 Å². The zero-order valence-corrected chi connectivity index (χ0v) is 13.6. The van der Waals surface area contributed by atoms with E-state index in [0.29, 0.717) is 10.5 Å². The number of imidazole rings is 1. The van der Waals surface area contributed by atoms with Gasteiger partial charge in [-0.15, -0.1) is 0 Å². The first-order chi connectivity index (χ1) is 10.9. The molecule has 8 heteroatoms. The molecule has 0 bridgehead atoms. The number of aryl methyl sites for hydroxylation is 3. The van der Waals surface area contributed by atoms with Crippen LogP contribution in [0.5, 0.6) is 0 Å². The smallest absolute Gasteiger partial charge is 0.400 e. The Hall–Kier alpha value is -2.74. The van der Waals surface area contributed by atoms with Crippen molar-refractivity contribution in [2.45, 2.75) is 13.8 Å². The molecule has 0 aliphatic rings. The molecule has 118 valence electrons. The fraction of sp³-hybridized carbons (Fsp3) is 0.200. The van der Waals surface area contributed by atoms with Crippen molar-refractivity contribution in [3.05, 3.63) is 56.0 Å².